The van der Waals surface area contributed by atoms with Crippen molar-refractivity contribution in [1.29, 1.82) is 0 Å². The monoisotopic (exact) mass is 370 g/mol. The van der Waals surface area contributed by atoms with E-state index in [-0.39, 0.29) is 5.56 Å². The van der Waals surface area contributed by atoms with E-state index in [1.54, 1.807) is 4.68 Å². The Kier molecular flexibility index (Phi) is 4.91. The van der Waals surface area contributed by atoms with Gasteiger partial charge in [0.05, 0.1) is 11.1 Å². The number of benzene rings is 2. The minimum Gasteiger partial charge on any atom is -0.267 e. The Morgan fingerprint density at radius 3 is 2.39 bits per heavy atom. The molecule has 0 aliphatic rings. The second-order valence-electron chi connectivity index (χ2n) is 5.71. The molecule has 0 saturated carbocycles. The highest BCUT2D eigenvalue weighted by Crippen LogP contribution is 2.24. The third-order valence-corrected chi connectivity index (χ3v) is 4.34. The predicted octanol–water partition coefficient (Wildman–Crippen LogP) is 4.63. The molecule has 0 N–H and O–H groups in total. The Labute approximate surface area is 144 Å². The van der Waals surface area contributed by atoms with Gasteiger partial charge in [-0.25, -0.2) is 4.68 Å². The van der Waals surface area contributed by atoms with E-state index in [1.807, 2.05) is 54.6 Å². The van der Waals surface area contributed by atoms with E-state index in [0.29, 0.717) is 11.4 Å². The van der Waals surface area contributed by atoms with Crippen LogP contribution in [0.5, 0.6) is 0 Å². The number of hydrogen-bond acceptors (Lipinski definition) is 2. The average molecular weight is 371 g/mol. The van der Waals surface area contributed by atoms with Gasteiger partial charge >= 0.3 is 0 Å². The largest absolute Gasteiger partial charge is 0.274 e. The minimum absolute atomic E-state index is 0.0116. The minimum atomic E-state index is -0.0116. The van der Waals surface area contributed by atoms with Crippen molar-refractivity contribution in [3.63, 3.8) is 0 Å². The van der Waals surface area contributed by atoms with Crippen LogP contribution in [-0.4, -0.2) is 14.6 Å². The smallest absolute Gasteiger partial charge is 0.267 e. The van der Waals surface area contributed by atoms with Gasteiger partial charge in [0, 0.05) is 22.3 Å². The van der Waals surface area contributed by atoms with Gasteiger partial charge in [-0.05, 0) is 18.9 Å². The summed E-state index contributed by atoms with van der Waals surface area (Å²) >= 11 is 3.55. The fraction of sp³-hybridized carbons (Fsp3) is 0.263. The second-order valence-corrected chi connectivity index (χ2v) is 7.27. The lowest BCUT2D eigenvalue weighted by atomic mass is 10.1. The van der Waals surface area contributed by atoms with E-state index >= 15 is 0 Å². The first kappa shape index (κ1) is 15.9. The Hall–Kier alpha value is -1.94. The van der Waals surface area contributed by atoms with Crippen LogP contribution in [0.1, 0.15) is 19.8 Å². The molecule has 0 aliphatic carbocycles. The van der Waals surface area contributed by atoms with Crippen molar-refractivity contribution in [3.8, 4) is 11.3 Å². The number of rotatable bonds is 5. The third-order valence-electron chi connectivity index (χ3n) is 3.89. The number of nitrogens with zero attached hydrogens (tertiary/aromatic N) is 2. The highest BCUT2D eigenvalue weighted by Gasteiger charge is 2.11. The highest BCUT2D eigenvalue weighted by molar-refractivity contribution is 9.09. The molecular weight excluding hydrogens is 352 g/mol. The van der Waals surface area contributed by atoms with Crippen molar-refractivity contribution in [3.05, 3.63) is 65.0 Å². The number of halogens is 1. The molecular formula is C19H19BrN2O. The van der Waals surface area contributed by atoms with E-state index in [4.69, 9.17) is 0 Å². The first-order valence-corrected chi connectivity index (χ1v) is 8.78. The number of alkyl halides is 1. The number of aromatic nitrogens is 2. The quantitative estimate of drug-likeness (QED) is 0.613. The Morgan fingerprint density at radius 1 is 1.04 bits per heavy atom. The summed E-state index contributed by atoms with van der Waals surface area (Å²) in [5, 5.41) is 6.30. The van der Waals surface area contributed by atoms with Crippen LogP contribution in [0, 0.1) is 0 Å². The van der Waals surface area contributed by atoms with Gasteiger partial charge in [0.25, 0.3) is 5.56 Å². The van der Waals surface area contributed by atoms with E-state index < -0.39 is 0 Å². The van der Waals surface area contributed by atoms with Crippen molar-refractivity contribution in [2.24, 2.45) is 0 Å². The predicted molar refractivity (Wildman–Crippen MR) is 99.1 cm³/mol. The fourth-order valence-electron chi connectivity index (χ4n) is 2.72. The summed E-state index contributed by atoms with van der Waals surface area (Å²) in [7, 11) is 0. The maximum absolute atomic E-state index is 12.7. The van der Waals surface area contributed by atoms with Gasteiger partial charge in [0.1, 0.15) is 0 Å². The zero-order chi connectivity index (χ0) is 16.2. The van der Waals surface area contributed by atoms with Gasteiger partial charge in [-0.1, -0.05) is 71.4 Å². The van der Waals surface area contributed by atoms with Crippen molar-refractivity contribution < 1.29 is 0 Å². The summed E-state index contributed by atoms with van der Waals surface area (Å²) in [5.74, 6) is 0. The van der Waals surface area contributed by atoms with Crippen LogP contribution in [-0.2, 0) is 6.54 Å². The lowest BCUT2D eigenvalue weighted by Crippen LogP contribution is -2.24. The van der Waals surface area contributed by atoms with Crippen molar-refractivity contribution in [2.45, 2.75) is 31.1 Å². The van der Waals surface area contributed by atoms with Crippen LogP contribution in [0.2, 0.25) is 0 Å². The normalized spacial score (nSPS) is 12.4. The molecule has 0 saturated heterocycles. The number of fused-ring (bicyclic) bond motifs is 1. The van der Waals surface area contributed by atoms with Gasteiger partial charge < -0.3 is 0 Å². The van der Waals surface area contributed by atoms with Gasteiger partial charge in [-0.15, -0.1) is 0 Å². The maximum Gasteiger partial charge on any atom is 0.274 e. The molecule has 0 fully saturated rings. The number of aryl methyl sites for hydroxylation is 1. The highest BCUT2D eigenvalue weighted by atomic mass is 79.9. The number of hydrogen-bond donors (Lipinski definition) is 0. The molecule has 0 radical (unpaired) electrons. The molecule has 0 spiro atoms. The fourth-order valence-corrected chi connectivity index (χ4v) is 3.04. The van der Waals surface area contributed by atoms with Crippen LogP contribution in [0.25, 0.3) is 22.0 Å². The molecule has 1 unspecified atom stereocenters. The Bertz CT molecular complexity index is 856. The van der Waals surface area contributed by atoms with Crippen LogP contribution in [0.4, 0.5) is 0 Å². The molecule has 1 atom stereocenters. The first-order valence-electron chi connectivity index (χ1n) is 7.86. The van der Waals surface area contributed by atoms with E-state index in [1.165, 1.54) is 0 Å². The lowest BCUT2D eigenvalue weighted by Gasteiger charge is -2.11. The summed E-state index contributed by atoms with van der Waals surface area (Å²) in [4.78, 5) is 13.1. The first-order chi connectivity index (χ1) is 11.2. The second kappa shape index (κ2) is 7.09. The van der Waals surface area contributed by atoms with E-state index in [9.17, 15) is 4.79 Å². The molecule has 3 nitrogen and oxygen atoms in total. The van der Waals surface area contributed by atoms with Crippen molar-refractivity contribution in [1.82, 2.24) is 9.78 Å². The van der Waals surface area contributed by atoms with Crippen LogP contribution in [0.3, 0.4) is 0 Å². The van der Waals surface area contributed by atoms with Gasteiger partial charge in [-0.3, -0.25) is 4.79 Å². The zero-order valence-electron chi connectivity index (χ0n) is 13.1. The van der Waals surface area contributed by atoms with Gasteiger partial charge in [0.2, 0.25) is 0 Å². The summed E-state index contributed by atoms with van der Waals surface area (Å²) < 4.78 is 1.61. The Morgan fingerprint density at radius 2 is 1.70 bits per heavy atom. The van der Waals surface area contributed by atoms with Crippen molar-refractivity contribution in [2.75, 3.05) is 0 Å². The summed E-state index contributed by atoms with van der Waals surface area (Å²) in [5.41, 5.74) is 1.89. The molecule has 23 heavy (non-hydrogen) atoms. The summed E-state index contributed by atoms with van der Waals surface area (Å²) in [6.45, 7) is 2.76. The molecule has 0 amide bonds. The zero-order valence-corrected chi connectivity index (χ0v) is 14.7. The van der Waals surface area contributed by atoms with E-state index in [0.717, 1.165) is 34.9 Å². The van der Waals surface area contributed by atoms with Gasteiger partial charge in [-0.2, -0.15) is 5.10 Å². The lowest BCUT2D eigenvalue weighted by molar-refractivity contribution is 0.539. The molecule has 2 aromatic carbocycles. The molecule has 0 bridgehead atoms. The standard InChI is InChI=1S/C19H19BrN2O/c1-14(20)8-7-13-22-19(23)17-12-6-5-11-16(17)18(21-22)15-9-3-2-4-10-15/h2-6,9-12,14H,7-8,13H2,1H3. The Balaban J connectivity index is 2.11. The molecule has 1 aromatic heterocycles. The van der Waals surface area contributed by atoms with Crippen molar-refractivity contribution >= 4 is 26.7 Å². The SMILES string of the molecule is CC(Br)CCCn1nc(-c2ccccc2)c2ccccc2c1=O. The van der Waals surface area contributed by atoms with Gasteiger partial charge in [0.15, 0.2) is 0 Å². The van der Waals surface area contributed by atoms with Crippen LogP contribution >= 0.6 is 15.9 Å². The maximum atomic E-state index is 12.7. The average Bonchev–Trinajstić information content (AvgIpc) is 2.57. The molecule has 4 heteroatoms. The molecule has 1 heterocycles. The molecule has 0 aliphatic heterocycles. The van der Waals surface area contributed by atoms with E-state index in [2.05, 4.69) is 28.0 Å². The van der Waals surface area contributed by atoms with Crippen LogP contribution < -0.4 is 5.56 Å². The molecule has 3 rings (SSSR count). The molecule has 3 aromatic rings. The summed E-state index contributed by atoms with van der Waals surface area (Å²) in [6.07, 6.45) is 1.94. The van der Waals surface area contributed by atoms with Crippen LogP contribution in [0.15, 0.2) is 59.4 Å². The third kappa shape index (κ3) is 3.53. The topological polar surface area (TPSA) is 34.9 Å². The molecule has 118 valence electrons. The summed E-state index contributed by atoms with van der Waals surface area (Å²) in [6, 6.07) is 17.7.